The van der Waals surface area contributed by atoms with Crippen LogP contribution >= 0.6 is 0 Å². The summed E-state index contributed by atoms with van der Waals surface area (Å²) in [5.41, 5.74) is 0. The molecule has 0 aliphatic carbocycles. The predicted octanol–water partition coefficient (Wildman–Crippen LogP) is -3.20. The molecule has 1 unspecified atom stereocenters. The van der Waals surface area contributed by atoms with Gasteiger partial charge in [0.25, 0.3) is 11.8 Å². The Morgan fingerprint density at radius 2 is 1.00 bits per heavy atom. The number of nitrogens with zero attached hydrogens (tertiary/aromatic N) is 5. The summed E-state index contributed by atoms with van der Waals surface area (Å²) >= 11 is 0. The van der Waals surface area contributed by atoms with Gasteiger partial charge in [0.1, 0.15) is 6.17 Å². The molecule has 1 atom stereocenters. The van der Waals surface area contributed by atoms with Gasteiger partial charge in [0.15, 0.2) is 0 Å². The first kappa shape index (κ1) is 27.8. The monoisotopic (exact) mass is 499 g/mol. The Bertz CT molecular complexity index is 860. The van der Waals surface area contributed by atoms with Crippen molar-refractivity contribution in [2.24, 2.45) is 0 Å². The predicted molar refractivity (Wildman–Crippen MR) is 116 cm³/mol. The zero-order valence-electron chi connectivity index (χ0n) is 19.0. The average molecular weight is 499 g/mol. The van der Waals surface area contributed by atoms with E-state index in [-0.39, 0.29) is 58.9 Å². The Kier molecular flexibility index (Phi) is 10.3. The van der Waals surface area contributed by atoms with Gasteiger partial charge in [-0.15, -0.1) is 0 Å². The highest BCUT2D eigenvalue weighted by Crippen LogP contribution is 2.16. The summed E-state index contributed by atoms with van der Waals surface area (Å²) in [6.45, 7) is -1.58. The van der Waals surface area contributed by atoms with Crippen molar-refractivity contribution in [2.75, 3.05) is 72.0 Å². The summed E-state index contributed by atoms with van der Waals surface area (Å²) in [7, 11) is 0. The number of rotatable bonds is 9. The van der Waals surface area contributed by atoms with E-state index in [1.807, 2.05) is 0 Å². The highest BCUT2D eigenvalue weighted by molar-refractivity contribution is 6.13. The number of carbonyl (C=O) groups excluding carboxylic acids is 2. The van der Waals surface area contributed by atoms with E-state index in [1.54, 1.807) is 0 Å². The van der Waals surface area contributed by atoms with Crippen molar-refractivity contribution < 1.29 is 49.2 Å². The number of carboxylic acid groups (broad SMARTS) is 4. The highest BCUT2D eigenvalue weighted by atomic mass is 16.4. The fraction of sp³-hybridized carbons (Fsp3) is 0.600. The molecule has 2 aliphatic heterocycles. The molecule has 0 aromatic rings. The van der Waals surface area contributed by atoms with Crippen molar-refractivity contribution in [1.82, 2.24) is 24.5 Å². The number of aliphatic carboxylic acids is 4. The molecule has 0 bridgehead atoms. The second kappa shape index (κ2) is 12.9. The smallest absolute Gasteiger partial charge is 0.317 e. The Labute approximate surface area is 200 Å². The molecule has 0 aromatic heterocycles. The molecule has 1 fully saturated rings. The molecule has 2 amide bonds. The second-order valence-corrected chi connectivity index (χ2v) is 8.19. The summed E-state index contributed by atoms with van der Waals surface area (Å²) in [4.78, 5) is 77.2. The molecule has 1 saturated heterocycles. The molecule has 2 heterocycles. The standard InChI is InChI=1S/C20H29N5O10/c26-15-1-2-16(27)25(15)14-9-23(12-19(32)33)6-5-21(10-17(28)29)3-4-22(11-18(30)31)7-8-24(14)13-20(34)35/h1-2,14H,3-13H2,(H,28,29)(H,30,31)(H,32,33)(H,34,35). The van der Waals surface area contributed by atoms with E-state index in [1.165, 1.54) is 19.6 Å². The van der Waals surface area contributed by atoms with Crippen molar-refractivity contribution in [3.63, 3.8) is 0 Å². The van der Waals surface area contributed by atoms with Crippen LogP contribution < -0.4 is 0 Å². The van der Waals surface area contributed by atoms with Crippen molar-refractivity contribution in [2.45, 2.75) is 6.17 Å². The third-order valence-electron chi connectivity index (χ3n) is 5.57. The summed E-state index contributed by atoms with van der Waals surface area (Å²) in [6.07, 6.45) is 0.911. The van der Waals surface area contributed by atoms with Crippen LogP contribution in [0.5, 0.6) is 0 Å². The topological polar surface area (TPSA) is 200 Å². The van der Waals surface area contributed by atoms with Crippen molar-refractivity contribution in [3.05, 3.63) is 12.2 Å². The minimum Gasteiger partial charge on any atom is -0.480 e. The molecule has 15 heteroatoms. The molecular weight excluding hydrogens is 470 g/mol. The van der Waals surface area contributed by atoms with Crippen LogP contribution in [0.1, 0.15) is 0 Å². The molecule has 194 valence electrons. The average Bonchev–Trinajstić information content (AvgIpc) is 3.06. The maximum Gasteiger partial charge on any atom is 0.317 e. The molecular formula is C20H29N5O10. The number of amides is 2. The van der Waals surface area contributed by atoms with Gasteiger partial charge in [-0.1, -0.05) is 0 Å². The van der Waals surface area contributed by atoms with Crippen LogP contribution in [-0.2, 0) is 28.8 Å². The number of imide groups is 1. The first-order chi connectivity index (χ1) is 16.5. The quantitative estimate of drug-likeness (QED) is 0.231. The molecule has 4 N–H and O–H groups in total. The molecule has 2 rings (SSSR count). The fourth-order valence-electron chi connectivity index (χ4n) is 3.99. The second-order valence-electron chi connectivity index (χ2n) is 8.19. The Hall–Kier alpha value is -3.40. The molecule has 0 aromatic carbocycles. The van der Waals surface area contributed by atoms with Crippen LogP contribution in [0.2, 0.25) is 0 Å². The Balaban J connectivity index is 2.43. The first-order valence-electron chi connectivity index (χ1n) is 10.8. The van der Waals surface area contributed by atoms with Crippen LogP contribution in [0.4, 0.5) is 0 Å². The summed E-state index contributed by atoms with van der Waals surface area (Å²) in [5.74, 6) is -6.08. The van der Waals surface area contributed by atoms with Gasteiger partial charge in [-0.2, -0.15) is 0 Å². The van der Waals surface area contributed by atoms with E-state index < -0.39 is 54.9 Å². The zero-order chi connectivity index (χ0) is 26.1. The minimum atomic E-state index is -1.25. The molecule has 0 saturated carbocycles. The van der Waals surface area contributed by atoms with Crippen LogP contribution in [0.25, 0.3) is 0 Å². The summed E-state index contributed by atoms with van der Waals surface area (Å²) < 4.78 is 0. The van der Waals surface area contributed by atoms with Gasteiger partial charge < -0.3 is 20.4 Å². The lowest BCUT2D eigenvalue weighted by Gasteiger charge is -2.40. The normalized spacial score (nSPS) is 22.1. The molecule has 15 nitrogen and oxygen atoms in total. The molecule has 2 aliphatic rings. The third kappa shape index (κ3) is 9.05. The van der Waals surface area contributed by atoms with Gasteiger partial charge in [0, 0.05) is 58.0 Å². The van der Waals surface area contributed by atoms with E-state index in [0.29, 0.717) is 0 Å². The Morgan fingerprint density at radius 3 is 1.43 bits per heavy atom. The minimum absolute atomic E-state index is 0.0412. The molecule has 35 heavy (non-hydrogen) atoms. The SMILES string of the molecule is O=C(O)CN1CCN(CC(=O)O)CCN(CC(=O)O)C(N2C(=O)C=CC2=O)CN(CC(=O)O)CC1. The summed E-state index contributed by atoms with van der Waals surface area (Å²) in [6, 6.07) is 0. The number of carboxylic acids is 4. The van der Waals surface area contributed by atoms with Gasteiger partial charge in [0.2, 0.25) is 0 Å². The van der Waals surface area contributed by atoms with Crippen LogP contribution in [0.15, 0.2) is 12.2 Å². The van der Waals surface area contributed by atoms with Crippen LogP contribution in [-0.4, -0.2) is 159 Å². The summed E-state index contributed by atoms with van der Waals surface area (Å²) in [5, 5.41) is 37.3. The lowest BCUT2D eigenvalue weighted by molar-refractivity contribution is -0.151. The van der Waals surface area contributed by atoms with E-state index in [2.05, 4.69) is 0 Å². The number of hydrogen-bond donors (Lipinski definition) is 4. The van der Waals surface area contributed by atoms with Crippen molar-refractivity contribution in [1.29, 1.82) is 0 Å². The van der Waals surface area contributed by atoms with Crippen molar-refractivity contribution >= 4 is 35.7 Å². The maximum absolute atomic E-state index is 12.4. The lowest BCUT2D eigenvalue weighted by Crippen LogP contribution is -2.60. The van der Waals surface area contributed by atoms with Gasteiger partial charge in [0.05, 0.1) is 26.2 Å². The Morgan fingerprint density at radius 1 is 0.629 bits per heavy atom. The number of hydrogen-bond acceptors (Lipinski definition) is 10. The largest absolute Gasteiger partial charge is 0.480 e. The lowest BCUT2D eigenvalue weighted by atomic mass is 10.2. The zero-order valence-corrected chi connectivity index (χ0v) is 19.0. The van der Waals surface area contributed by atoms with Crippen LogP contribution in [0, 0.1) is 0 Å². The van der Waals surface area contributed by atoms with Gasteiger partial charge in [-0.3, -0.25) is 53.3 Å². The van der Waals surface area contributed by atoms with Gasteiger partial charge in [-0.25, -0.2) is 0 Å². The van der Waals surface area contributed by atoms with Crippen molar-refractivity contribution in [3.8, 4) is 0 Å². The van der Waals surface area contributed by atoms with Crippen LogP contribution in [0.3, 0.4) is 0 Å². The number of carbonyl (C=O) groups is 6. The molecule has 0 spiro atoms. The van der Waals surface area contributed by atoms with Gasteiger partial charge >= 0.3 is 23.9 Å². The first-order valence-corrected chi connectivity index (χ1v) is 10.8. The van der Waals surface area contributed by atoms with Gasteiger partial charge in [-0.05, 0) is 0 Å². The van der Waals surface area contributed by atoms with E-state index in [4.69, 9.17) is 0 Å². The van der Waals surface area contributed by atoms with E-state index in [9.17, 15) is 49.2 Å². The third-order valence-corrected chi connectivity index (χ3v) is 5.57. The molecule has 0 radical (unpaired) electrons. The van der Waals surface area contributed by atoms with E-state index >= 15 is 0 Å². The highest BCUT2D eigenvalue weighted by Gasteiger charge is 2.37. The fourth-order valence-corrected chi connectivity index (χ4v) is 3.99. The van der Waals surface area contributed by atoms with E-state index in [0.717, 1.165) is 17.1 Å². The maximum atomic E-state index is 12.4.